The summed E-state index contributed by atoms with van der Waals surface area (Å²) in [5.74, 6) is -0.900. The predicted molar refractivity (Wildman–Crippen MR) is 93.3 cm³/mol. The van der Waals surface area contributed by atoms with Gasteiger partial charge in [0.05, 0.1) is 6.54 Å². The Labute approximate surface area is 148 Å². The van der Waals surface area contributed by atoms with Gasteiger partial charge in [-0.2, -0.15) is 0 Å². The maximum Gasteiger partial charge on any atom is 0.344 e. The van der Waals surface area contributed by atoms with Crippen molar-refractivity contribution < 1.29 is 23.9 Å². The minimum absolute atomic E-state index is 0.126. The van der Waals surface area contributed by atoms with Gasteiger partial charge in [-0.15, -0.1) is 0 Å². The molecule has 7 heteroatoms. The van der Waals surface area contributed by atoms with E-state index in [1.165, 1.54) is 0 Å². The summed E-state index contributed by atoms with van der Waals surface area (Å²) in [5, 5.41) is 4.90. The predicted octanol–water partition coefficient (Wildman–Crippen LogP) is 1.16. The second-order valence-electron chi connectivity index (χ2n) is 6.43. The highest BCUT2D eigenvalue weighted by molar-refractivity contribution is 5.86. The highest BCUT2D eigenvalue weighted by Crippen LogP contribution is 2.30. The molecule has 1 aromatic rings. The Balaban J connectivity index is 2.39. The minimum atomic E-state index is -0.656. The topological polar surface area (TPSA) is 93.7 Å². The average molecular weight is 350 g/mol. The van der Waals surface area contributed by atoms with Gasteiger partial charge in [0.1, 0.15) is 5.75 Å². The summed E-state index contributed by atoms with van der Waals surface area (Å²) in [6.45, 7) is 7.50. The summed E-state index contributed by atoms with van der Waals surface area (Å²) in [7, 11) is 0. The molecule has 0 atom stereocenters. The molecule has 0 spiro atoms. The molecule has 2 amide bonds. The Morgan fingerprint density at radius 3 is 2.32 bits per heavy atom. The van der Waals surface area contributed by atoms with Crippen molar-refractivity contribution in [1.29, 1.82) is 0 Å². The zero-order valence-electron chi connectivity index (χ0n) is 15.2. The van der Waals surface area contributed by atoms with Crippen molar-refractivity contribution in [2.24, 2.45) is 0 Å². The van der Waals surface area contributed by atoms with E-state index in [-0.39, 0.29) is 24.5 Å². The molecule has 0 saturated heterocycles. The van der Waals surface area contributed by atoms with Gasteiger partial charge in [-0.3, -0.25) is 9.59 Å². The number of amides is 2. The van der Waals surface area contributed by atoms with Crippen LogP contribution in [0.1, 0.15) is 33.3 Å². The first-order valence-electron chi connectivity index (χ1n) is 8.15. The molecule has 2 N–H and O–H groups in total. The number of esters is 1. The monoisotopic (exact) mass is 350 g/mol. The molecule has 0 aromatic heterocycles. The van der Waals surface area contributed by atoms with Crippen LogP contribution in [0.3, 0.4) is 0 Å². The molecular formula is C18H26N2O5. The standard InChI is InChI=1S/C18H26N2O5/c1-5-19-15(21)10-20-16(22)11-25-17(23)12-24-14-9-7-6-8-13(14)18(2,3)4/h6-9H,5,10-12H2,1-4H3,(H,19,21)(H,20,22). The Morgan fingerprint density at radius 1 is 1.00 bits per heavy atom. The molecule has 0 heterocycles. The second-order valence-corrected chi connectivity index (χ2v) is 6.43. The van der Waals surface area contributed by atoms with E-state index in [2.05, 4.69) is 10.6 Å². The number of likely N-dealkylation sites (N-methyl/N-ethyl adjacent to an activating group) is 1. The number of nitrogens with one attached hydrogen (secondary N) is 2. The van der Waals surface area contributed by atoms with Crippen LogP contribution in [0, 0.1) is 0 Å². The summed E-state index contributed by atoms with van der Waals surface area (Å²) in [6.07, 6.45) is 0. The summed E-state index contributed by atoms with van der Waals surface area (Å²) in [4.78, 5) is 34.4. The lowest BCUT2D eigenvalue weighted by molar-refractivity contribution is -0.150. The Hall–Kier alpha value is -2.57. The van der Waals surface area contributed by atoms with Crippen LogP contribution >= 0.6 is 0 Å². The zero-order valence-corrected chi connectivity index (χ0v) is 15.2. The molecule has 7 nitrogen and oxygen atoms in total. The lowest BCUT2D eigenvalue weighted by atomic mass is 9.86. The van der Waals surface area contributed by atoms with Crippen molar-refractivity contribution in [3.05, 3.63) is 29.8 Å². The van der Waals surface area contributed by atoms with Crippen molar-refractivity contribution >= 4 is 17.8 Å². The number of carbonyl (C=O) groups is 3. The Morgan fingerprint density at radius 2 is 1.68 bits per heavy atom. The highest BCUT2D eigenvalue weighted by atomic mass is 16.6. The average Bonchev–Trinajstić information content (AvgIpc) is 2.56. The van der Waals surface area contributed by atoms with E-state index in [1.807, 2.05) is 39.0 Å². The van der Waals surface area contributed by atoms with Crippen LogP contribution in [0.4, 0.5) is 0 Å². The third-order valence-corrected chi connectivity index (χ3v) is 3.22. The van der Waals surface area contributed by atoms with Gasteiger partial charge < -0.3 is 20.1 Å². The molecule has 0 aliphatic carbocycles. The maximum absolute atomic E-state index is 11.7. The van der Waals surface area contributed by atoms with E-state index in [1.54, 1.807) is 13.0 Å². The fourth-order valence-corrected chi connectivity index (χ4v) is 2.03. The largest absolute Gasteiger partial charge is 0.482 e. The van der Waals surface area contributed by atoms with Crippen LogP contribution in [-0.2, 0) is 24.5 Å². The molecule has 1 rings (SSSR count). The quantitative estimate of drug-likeness (QED) is 0.686. The second kappa shape index (κ2) is 9.66. The number of hydrogen-bond acceptors (Lipinski definition) is 5. The van der Waals surface area contributed by atoms with Gasteiger partial charge in [0.25, 0.3) is 5.91 Å². The van der Waals surface area contributed by atoms with Gasteiger partial charge >= 0.3 is 5.97 Å². The lowest BCUT2D eigenvalue weighted by Gasteiger charge is -2.22. The molecule has 138 valence electrons. The van der Waals surface area contributed by atoms with E-state index >= 15 is 0 Å². The molecule has 0 radical (unpaired) electrons. The molecule has 0 bridgehead atoms. The zero-order chi connectivity index (χ0) is 18.9. The first kappa shape index (κ1) is 20.5. The van der Waals surface area contributed by atoms with Crippen LogP contribution in [0.2, 0.25) is 0 Å². The van der Waals surface area contributed by atoms with Crippen LogP contribution in [0.15, 0.2) is 24.3 Å². The Kier molecular flexibility index (Phi) is 7.91. The first-order chi connectivity index (χ1) is 11.7. The minimum Gasteiger partial charge on any atom is -0.482 e. The van der Waals surface area contributed by atoms with Crippen molar-refractivity contribution in [3.8, 4) is 5.75 Å². The lowest BCUT2D eigenvalue weighted by Crippen LogP contribution is -2.38. The van der Waals surface area contributed by atoms with E-state index in [0.717, 1.165) is 5.56 Å². The highest BCUT2D eigenvalue weighted by Gasteiger charge is 2.19. The number of rotatable bonds is 8. The van der Waals surface area contributed by atoms with Gasteiger partial charge in [-0.05, 0) is 24.0 Å². The third kappa shape index (κ3) is 7.69. The Bertz CT molecular complexity index is 608. The summed E-state index contributed by atoms with van der Waals surface area (Å²) >= 11 is 0. The van der Waals surface area contributed by atoms with Gasteiger partial charge in [-0.25, -0.2) is 4.79 Å². The van der Waals surface area contributed by atoms with Crippen LogP contribution in [0.5, 0.6) is 5.75 Å². The summed E-state index contributed by atoms with van der Waals surface area (Å²) < 4.78 is 10.4. The van der Waals surface area contributed by atoms with Crippen molar-refractivity contribution in [1.82, 2.24) is 10.6 Å². The maximum atomic E-state index is 11.7. The van der Waals surface area contributed by atoms with Crippen molar-refractivity contribution in [3.63, 3.8) is 0 Å². The number of para-hydroxylation sites is 1. The van der Waals surface area contributed by atoms with Crippen molar-refractivity contribution in [2.75, 3.05) is 26.3 Å². The molecule has 0 aliphatic heterocycles. The first-order valence-corrected chi connectivity index (χ1v) is 8.15. The third-order valence-electron chi connectivity index (χ3n) is 3.22. The van der Waals surface area contributed by atoms with Gasteiger partial charge in [0.15, 0.2) is 13.2 Å². The number of hydrogen-bond donors (Lipinski definition) is 2. The van der Waals surface area contributed by atoms with E-state index in [9.17, 15) is 14.4 Å². The molecular weight excluding hydrogens is 324 g/mol. The molecule has 0 saturated carbocycles. The van der Waals surface area contributed by atoms with Crippen LogP contribution in [0.25, 0.3) is 0 Å². The van der Waals surface area contributed by atoms with Gasteiger partial charge in [0, 0.05) is 6.54 Å². The smallest absolute Gasteiger partial charge is 0.344 e. The normalized spacial score (nSPS) is 10.7. The number of ether oxygens (including phenoxy) is 2. The van der Waals surface area contributed by atoms with E-state index in [4.69, 9.17) is 9.47 Å². The van der Waals surface area contributed by atoms with Gasteiger partial charge in [0.2, 0.25) is 5.91 Å². The molecule has 1 aromatic carbocycles. The number of carbonyl (C=O) groups excluding carboxylic acids is 3. The fraction of sp³-hybridized carbons (Fsp3) is 0.500. The van der Waals surface area contributed by atoms with E-state index < -0.39 is 18.5 Å². The summed E-state index contributed by atoms with van der Waals surface area (Å²) in [5.41, 5.74) is 0.849. The molecule has 0 unspecified atom stereocenters. The van der Waals surface area contributed by atoms with Gasteiger partial charge in [-0.1, -0.05) is 39.0 Å². The molecule has 0 aliphatic rings. The van der Waals surface area contributed by atoms with Crippen molar-refractivity contribution in [2.45, 2.75) is 33.1 Å². The summed E-state index contributed by atoms with van der Waals surface area (Å²) in [6, 6.07) is 7.46. The fourth-order valence-electron chi connectivity index (χ4n) is 2.03. The SMILES string of the molecule is CCNC(=O)CNC(=O)COC(=O)COc1ccccc1C(C)(C)C. The van der Waals surface area contributed by atoms with Crippen LogP contribution < -0.4 is 15.4 Å². The molecule has 25 heavy (non-hydrogen) atoms. The van der Waals surface area contributed by atoms with E-state index in [0.29, 0.717) is 12.3 Å². The number of benzene rings is 1. The molecule has 0 fully saturated rings. The van der Waals surface area contributed by atoms with Crippen LogP contribution in [-0.4, -0.2) is 44.1 Å².